The van der Waals surface area contributed by atoms with Crippen LogP contribution in [0, 0.1) is 0 Å². The molecule has 13 heteroatoms. The molecule has 0 aliphatic heterocycles. The number of carboxylic acids is 2. The van der Waals surface area contributed by atoms with E-state index in [1.54, 1.807) is 0 Å². The zero-order valence-electron chi connectivity index (χ0n) is 10.9. The maximum absolute atomic E-state index is 10.6. The molecule has 0 saturated heterocycles. The Morgan fingerprint density at radius 2 is 1.47 bits per heavy atom. The van der Waals surface area contributed by atoms with Crippen LogP contribution in [0.2, 0.25) is 0 Å². The molecule has 0 saturated carbocycles. The van der Waals surface area contributed by atoms with Crippen molar-refractivity contribution in [2.45, 2.75) is 24.6 Å². The minimum Gasteiger partial charge on any atom is -0.549 e. The Bertz CT molecular complexity index is 381. The van der Waals surface area contributed by atoms with E-state index in [1.807, 2.05) is 0 Å². The van der Waals surface area contributed by atoms with Gasteiger partial charge in [0.25, 0.3) is 10.1 Å². The predicted molar refractivity (Wildman–Crippen MR) is 41.9 cm³/mol. The van der Waals surface area contributed by atoms with Crippen molar-refractivity contribution in [1.82, 2.24) is 0 Å². The van der Waals surface area contributed by atoms with Crippen LogP contribution in [0.4, 0.5) is 0 Å². The van der Waals surface area contributed by atoms with Crippen LogP contribution in [-0.2, 0) is 24.4 Å². The second-order valence-corrected chi connectivity index (χ2v) is 4.27. The van der Waals surface area contributed by atoms with Gasteiger partial charge >= 0.3 is 88.7 Å². The number of carbonyl (C=O) groups is 2. The molecule has 0 radical (unpaired) electrons. The van der Waals surface area contributed by atoms with Gasteiger partial charge in [-0.25, -0.2) is 0 Å². The average molecular weight is 325 g/mol. The largest absolute Gasteiger partial charge is 1.00 e. The van der Waals surface area contributed by atoms with E-state index in [9.17, 15) is 28.2 Å². The van der Waals surface area contributed by atoms with Crippen molar-refractivity contribution in [2.24, 2.45) is 0 Å². The number of hydrogen-bond donors (Lipinski definition) is 2. The van der Waals surface area contributed by atoms with E-state index in [0.29, 0.717) is 0 Å². The Labute approximate surface area is 175 Å². The zero-order chi connectivity index (χ0) is 13.1. The SMILES string of the molecule is CC(O)OC(C(=O)[O-])C(C(=O)[O-])S(=O)(=O)O.[Na+].[Na+].[Na+]. The summed E-state index contributed by atoms with van der Waals surface area (Å²) in [7, 11) is -5.27. The number of aliphatic hydroxyl groups excluding tert-OH is 1. The second-order valence-electron chi connectivity index (χ2n) is 2.73. The second kappa shape index (κ2) is 12.3. The van der Waals surface area contributed by atoms with Crippen molar-refractivity contribution < 1.29 is 131 Å². The third kappa shape index (κ3) is 11.0. The van der Waals surface area contributed by atoms with Crippen LogP contribution < -0.4 is 98.9 Å². The van der Waals surface area contributed by atoms with Gasteiger partial charge in [0, 0.05) is 0 Å². The molecule has 3 atom stereocenters. The molecule has 0 aliphatic carbocycles. The summed E-state index contributed by atoms with van der Waals surface area (Å²) >= 11 is 0. The molecule has 0 aromatic heterocycles. The van der Waals surface area contributed by atoms with Gasteiger partial charge in [0.2, 0.25) is 0 Å². The normalized spacial score (nSPS) is 14.7. The van der Waals surface area contributed by atoms with Crippen LogP contribution in [-0.4, -0.2) is 47.7 Å². The summed E-state index contributed by atoms with van der Waals surface area (Å²) < 4.78 is 33.7. The summed E-state index contributed by atoms with van der Waals surface area (Å²) in [5.41, 5.74) is 0. The number of hydrogen-bond acceptors (Lipinski definition) is 8. The number of carbonyl (C=O) groups excluding carboxylic acids is 2. The summed E-state index contributed by atoms with van der Waals surface area (Å²) in [6, 6.07) is 0. The Morgan fingerprint density at radius 1 is 1.11 bits per heavy atom. The predicted octanol–water partition coefficient (Wildman–Crippen LogP) is -13.5. The van der Waals surface area contributed by atoms with Crippen molar-refractivity contribution in [3.05, 3.63) is 0 Å². The van der Waals surface area contributed by atoms with E-state index in [-0.39, 0.29) is 88.7 Å². The van der Waals surface area contributed by atoms with Gasteiger partial charge in [-0.05, 0) is 6.92 Å². The van der Waals surface area contributed by atoms with Gasteiger partial charge in [-0.3, -0.25) is 4.55 Å². The Hall–Kier alpha value is 1.77. The van der Waals surface area contributed by atoms with Gasteiger partial charge < -0.3 is 29.6 Å². The molecule has 0 heterocycles. The third-order valence-electron chi connectivity index (χ3n) is 1.40. The smallest absolute Gasteiger partial charge is 0.549 e. The first-order valence-electron chi connectivity index (χ1n) is 3.79. The molecule has 94 valence electrons. The van der Waals surface area contributed by atoms with Crippen LogP contribution >= 0.6 is 0 Å². The fourth-order valence-corrected chi connectivity index (χ4v) is 1.59. The van der Waals surface area contributed by atoms with Crippen molar-refractivity contribution in [2.75, 3.05) is 0 Å². The molecular formula is C6H8Na3O9S+. The van der Waals surface area contributed by atoms with Gasteiger partial charge in [-0.1, -0.05) is 0 Å². The Kier molecular flexibility index (Phi) is 18.7. The van der Waals surface area contributed by atoms with E-state index in [4.69, 9.17) is 9.66 Å². The summed E-state index contributed by atoms with van der Waals surface area (Å²) in [5, 5.41) is 26.6. The number of ether oxygens (including phenoxy) is 1. The van der Waals surface area contributed by atoms with E-state index in [2.05, 4.69) is 4.74 Å². The first-order valence-corrected chi connectivity index (χ1v) is 5.29. The quantitative estimate of drug-likeness (QED) is 0.274. The number of aliphatic carboxylic acids is 2. The zero-order valence-corrected chi connectivity index (χ0v) is 17.7. The molecule has 0 aromatic rings. The fraction of sp³-hybridized carbons (Fsp3) is 0.667. The van der Waals surface area contributed by atoms with E-state index in [1.165, 1.54) is 0 Å². The summed E-state index contributed by atoms with van der Waals surface area (Å²) in [5.74, 6) is -4.62. The van der Waals surface area contributed by atoms with Crippen LogP contribution in [0.1, 0.15) is 6.92 Å². The molecule has 0 aromatic carbocycles. The van der Waals surface area contributed by atoms with Crippen molar-refractivity contribution in [3.8, 4) is 0 Å². The molecule has 2 N–H and O–H groups in total. The number of carboxylic acid groups (broad SMARTS) is 2. The Balaban J connectivity index is -0.000000375. The van der Waals surface area contributed by atoms with Crippen molar-refractivity contribution in [3.63, 3.8) is 0 Å². The standard InChI is InChI=1S/C6H10O9S.3Na/c1-2(7)15-3(5(8)9)4(6(10)11)16(12,13)14;;;/h2-4,7H,1H3,(H,8,9)(H,10,11)(H,12,13,14);;;/q;3*+1/p-2. The minimum absolute atomic E-state index is 0. The molecule has 0 rings (SSSR count). The van der Waals surface area contributed by atoms with Crippen LogP contribution in [0.25, 0.3) is 0 Å². The maximum atomic E-state index is 10.6. The van der Waals surface area contributed by atoms with Gasteiger partial charge in [0.1, 0.15) is 6.10 Å². The summed E-state index contributed by atoms with van der Waals surface area (Å²) in [4.78, 5) is 20.8. The van der Waals surface area contributed by atoms with Crippen molar-refractivity contribution >= 4 is 22.1 Å². The molecule has 0 fully saturated rings. The Morgan fingerprint density at radius 3 is 1.63 bits per heavy atom. The van der Waals surface area contributed by atoms with E-state index < -0.39 is 39.7 Å². The monoisotopic (exact) mass is 325 g/mol. The van der Waals surface area contributed by atoms with Crippen LogP contribution in [0.3, 0.4) is 0 Å². The van der Waals surface area contributed by atoms with Crippen LogP contribution in [0.15, 0.2) is 0 Å². The molecule has 0 bridgehead atoms. The third-order valence-corrected chi connectivity index (χ3v) is 2.49. The molecule has 0 amide bonds. The average Bonchev–Trinajstić information content (AvgIpc) is 1.97. The summed E-state index contributed by atoms with van der Waals surface area (Å²) in [6.45, 7) is 0.909. The van der Waals surface area contributed by atoms with Gasteiger partial charge in [0.05, 0.1) is 11.9 Å². The first-order chi connectivity index (χ1) is 7.07. The molecular weight excluding hydrogens is 317 g/mol. The first kappa shape index (κ1) is 28.9. The number of rotatable bonds is 6. The molecule has 0 aliphatic rings. The fourth-order valence-electron chi connectivity index (χ4n) is 0.864. The van der Waals surface area contributed by atoms with Gasteiger partial charge in [-0.2, -0.15) is 8.42 Å². The molecule has 0 spiro atoms. The van der Waals surface area contributed by atoms with E-state index in [0.717, 1.165) is 6.92 Å². The van der Waals surface area contributed by atoms with E-state index >= 15 is 0 Å². The van der Waals surface area contributed by atoms with Crippen molar-refractivity contribution in [1.29, 1.82) is 0 Å². The number of aliphatic hydroxyl groups is 1. The van der Waals surface area contributed by atoms with Gasteiger partial charge in [0.15, 0.2) is 11.5 Å². The van der Waals surface area contributed by atoms with Gasteiger partial charge in [-0.15, -0.1) is 0 Å². The molecule has 9 nitrogen and oxygen atoms in total. The molecule has 3 unspecified atom stereocenters. The summed E-state index contributed by atoms with van der Waals surface area (Å²) in [6.07, 6.45) is -4.36. The van der Waals surface area contributed by atoms with Crippen LogP contribution in [0.5, 0.6) is 0 Å². The molecule has 19 heavy (non-hydrogen) atoms. The maximum Gasteiger partial charge on any atom is 1.00 e. The topological polar surface area (TPSA) is 164 Å². The minimum atomic E-state index is -5.27.